The molecule has 0 fully saturated rings. The Bertz CT molecular complexity index is 655. The minimum atomic E-state index is -4.78. The highest BCUT2D eigenvalue weighted by molar-refractivity contribution is 6.32. The zero-order valence-corrected chi connectivity index (χ0v) is 13.8. The Kier molecular flexibility index (Phi) is 5.64. The molecule has 8 heteroatoms. The van der Waals surface area contributed by atoms with Gasteiger partial charge in [0.25, 0.3) is 0 Å². The van der Waals surface area contributed by atoms with Gasteiger partial charge in [0.2, 0.25) is 6.10 Å². The normalized spacial score (nSPS) is 16.8. The van der Waals surface area contributed by atoms with E-state index in [0.29, 0.717) is 12.4 Å². The lowest BCUT2D eigenvalue weighted by Gasteiger charge is -2.28. The first-order chi connectivity index (χ1) is 11.3. The Morgan fingerprint density at radius 1 is 1.33 bits per heavy atom. The maximum Gasteiger partial charge on any atom is 0.430 e. The fourth-order valence-electron chi connectivity index (χ4n) is 2.17. The number of carbonyl (C=O) groups excluding carboxylic acids is 1. The lowest BCUT2D eigenvalue weighted by atomic mass is 10.0. The largest absolute Gasteiger partial charge is 0.494 e. The lowest BCUT2D eigenvalue weighted by Crippen LogP contribution is -2.40. The van der Waals surface area contributed by atoms with Gasteiger partial charge in [-0.3, -0.25) is 0 Å². The van der Waals surface area contributed by atoms with Crippen LogP contribution < -0.4 is 9.47 Å². The first kappa shape index (κ1) is 18.4. The molecule has 1 aliphatic rings. The van der Waals surface area contributed by atoms with E-state index in [2.05, 4.69) is 0 Å². The third-order valence-electron chi connectivity index (χ3n) is 3.16. The Morgan fingerprint density at radius 3 is 2.62 bits per heavy atom. The van der Waals surface area contributed by atoms with Crippen molar-refractivity contribution in [1.82, 2.24) is 0 Å². The van der Waals surface area contributed by atoms with Crippen molar-refractivity contribution in [1.29, 1.82) is 0 Å². The van der Waals surface area contributed by atoms with Crippen LogP contribution in [-0.4, -0.2) is 31.5 Å². The molecule has 0 spiro atoms. The summed E-state index contributed by atoms with van der Waals surface area (Å²) >= 11 is 6.01. The summed E-state index contributed by atoms with van der Waals surface area (Å²) in [5, 5.41) is -0.0213. The van der Waals surface area contributed by atoms with Crippen molar-refractivity contribution in [3.05, 3.63) is 28.3 Å². The van der Waals surface area contributed by atoms with Gasteiger partial charge in [-0.25, -0.2) is 4.79 Å². The highest BCUT2D eigenvalue weighted by Gasteiger charge is 2.49. The summed E-state index contributed by atoms with van der Waals surface area (Å²) in [6.07, 6.45) is -5.37. The Morgan fingerprint density at radius 2 is 2.04 bits per heavy atom. The Balaban J connectivity index is 2.48. The number of carbonyl (C=O) groups is 1. The summed E-state index contributed by atoms with van der Waals surface area (Å²) in [7, 11) is 0. The number of fused-ring (bicyclic) bond motifs is 1. The SMILES string of the molecule is CCCOc1cc(Cl)c2c(c1)C=C(C(=O)OCC)C(C(F)(F)F)O2. The fourth-order valence-corrected chi connectivity index (χ4v) is 2.43. The van der Waals surface area contributed by atoms with Crippen molar-refractivity contribution in [3.8, 4) is 11.5 Å². The Hall–Kier alpha value is -1.89. The summed E-state index contributed by atoms with van der Waals surface area (Å²) < 4.78 is 54.8. The van der Waals surface area contributed by atoms with Gasteiger partial charge < -0.3 is 14.2 Å². The zero-order chi connectivity index (χ0) is 17.9. The molecule has 2 rings (SSSR count). The molecular formula is C16H16ClF3O4. The Labute approximate surface area is 142 Å². The smallest absolute Gasteiger partial charge is 0.430 e. The molecule has 1 atom stereocenters. The molecule has 0 bridgehead atoms. The molecule has 0 radical (unpaired) electrons. The molecule has 1 aromatic carbocycles. The molecule has 1 heterocycles. The molecule has 24 heavy (non-hydrogen) atoms. The minimum Gasteiger partial charge on any atom is -0.494 e. The van der Waals surface area contributed by atoms with Crippen LogP contribution in [0.5, 0.6) is 11.5 Å². The van der Waals surface area contributed by atoms with Gasteiger partial charge in [0, 0.05) is 11.6 Å². The average Bonchev–Trinajstić information content (AvgIpc) is 2.51. The van der Waals surface area contributed by atoms with Gasteiger partial charge in [-0.2, -0.15) is 13.2 Å². The van der Waals surface area contributed by atoms with Crippen LogP contribution in [0.25, 0.3) is 6.08 Å². The molecular weight excluding hydrogens is 349 g/mol. The maximum absolute atomic E-state index is 13.2. The van der Waals surface area contributed by atoms with Gasteiger partial charge in [-0.15, -0.1) is 0 Å². The second-order valence-electron chi connectivity index (χ2n) is 5.03. The monoisotopic (exact) mass is 364 g/mol. The van der Waals surface area contributed by atoms with Gasteiger partial charge in [0.15, 0.2) is 0 Å². The van der Waals surface area contributed by atoms with Crippen LogP contribution in [0, 0.1) is 0 Å². The molecule has 1 aliphatic heterocycles. The number of rotatable bonds is 5. The van der Waals surface area contributed by atoms with Crippen LogP contribution in [0.4, 0.5) is 13.2 Å². The predicted octanol–water partition coefficient (Wildman–Crippen LogP) is 4.40. The van der Waals surface area contributed by atoms with Crippen molar-refractivity contribution in [2.45, 2.75) is 32.5 Å². The number of esters is 1. The minimum absolute atomic E-state index is 0.0213. The van der Waals surface area contributed by atoms with E-state index >= 15 is 0 Å². The summed E-state index contributed by atoms with van der Waals surface area (Å²) in [4.78, 5) is 11.9. The van der Waals surface area contributed by atoms with Crippen molar-refractivity contribution >= 4 is 23.6 Å². The third kappa shape index (κ3) is 3.95. The molecule has 1 aromatic rings. The third-order valence-corrected chi connectivity index (χ3v) is 3.44. The topological polar surface area (TPSA) is 44.8 Å². The first-order valence-electron chi connectivity index (χ1n) is 7.36. The molecule has 0 aliphatic carbocycles. The van der Waals surface area contributed by atoms with Crippen molar-refractivity contribution in [2.24, 2.45) is 0 Å². The predicted molar refractivity (Wildman–Crippen MR) is 82.3 cm³/mol. The second-order valence-corrected chi connectivity index (χ2v) is 5.44. The molecule has 0 amide bonds. The van der Waals surface area contributed by atoms with Crippen LogP contribution in [0.1, 0.15) is 25.8 Å². The van der Waals surface area contributed by atoms with Crippen molar-refractivity contribution in [3.63, 3.8) is 0 Å². The van der Waals surface area contributed by atoms with Gasteiger partial charge in [0.1, 0.15) is 11.5 Å². The number of alkyl halides is 3. The first-order valence-corrected chi connectivity index (χ1v) is 7.74. The van der Waals surface area contributed by atoms with Gasteiger partial charge >= 0.3 is 12.1 Å². The van der Waals surface area contributed by atoms with E-state index in [-0.39, 0.29) is 22.9 Å². The summed E-state index contributed by atoms with van der Waals surface area (Å²) in [6.45, 7) is 3.80. The van der Waals surface area contributed by atoms with Gasteiger partial charge in [0.05, 0.1) is 23.8 Å². The average molecular weight is 365 g/mol. The number of benzene rings is 1. The van der Waals surface area contributed by atoms with Crippen molar-refractivity contribution in [2.75, 3.05) is 13.2 Å². The number of halogens is 4. The molecule has 4 nitrogen and oxygen atoms in total. The van der Waals surface area contributed by atoms with E-state index in [4.69, 9.17) is 25.8 Å². The second kappa shape index (κ2) is 7.34. The van der Waals surface area contributed by atoms with E-state index in [0.717, 1.165) is 12.5 Å². The van der Waals surface area contributed by atoms with Gasteiger partial charge in [-0.05, 0) is 25.5 Å². The van der Waals surface area contributed by atoms with Crippen molar-refractivity contribution < 1.29 is 32.2 Å². The highest BCUT2D eigenvalue weighted by atomic mass is 35.5. The van der Waals surface area contributed by atoms with Crippen LogP contribution in [0.2, 0.25) is 5.02 Å². The lowest BCUT2D eigenvalue weighted by molar-refractivity contribution is -0.187. The zero-order valence-electron chi connectivity index (χ0n) is 13.1. The van der Waals surface area contributed by atoms with E-state index in [1.54, 1.807) is 0 Å². The number of hydrogen-bond donors (Lipinski definition) is 0. The summed E-state index contributed by atoms with van der Waals surface area (Å²) in [5.41, 5.74) is -0.391. The van der Waals surface area contributed by atoms with Crippen LogP contribution >= 0.6 is 11.6 Å². The van der Waals surface area contributed by atoms with E-state index in [1.807, 2.05) is 6.92 Å². The van der Waals surface area contributed by atoms with Crippen LogP contribution in [0.15, 0.2) is 17.7 Å². The summed E-state index contributed by atoms with van der Waals surface area (Å²) in [6, 6.07) is 2.86. The number of ether oxygens (including phenoxy) is 3. The molecule has 0 N–H and O–H groups in total. The standard InChI is InChI=1S/C16H16ClF3O4/c1-3-5-23-10-6-9-7-11(15(21)22-4-2)14(16(18,19)20)24-13(9)12(17)8-10/h6-8,14H,3-5H2,1-2H3. The summed E-state index contributed by atoms with van der Waals surface area (Å²) in [5.74, 6) is -0.841. The number of hydrogen-bond acceptors (Lipinski definition) is 4. The van der Waals surface area contributed by atoms with Gasteiger partial charge in [-0.1, -0.05) is 18.5 Å². The van der Waals surface area contributed by atoms with E-state index < -0.39 is 23.8 Å². The maximum atomic E-state index is 13.2. The fraction of sp³-hybridized carbons (Fsp3) is 0.438. The van der Waals surface area contributed by atoms with Crippen LogP contribution in [0.3, 0.4) is 0 Å². The highest BCUT2D eigenvalue weighted by Crippen LogP contribution is 2.43. The van der Waals surface area contributed by atoms with Crippen LogP contribution in [-0.2, 0) is 9.53 Å². The molecule has 132 valence electrons. The quantitative estimate of drug-likeness (QED) is 0.726. The van der Waals surface area contributed by atoms with E-state index in [1.165, 1.54) is 19.1 Å². The molecule has 1 unspecified atom stereocenters. The molecule has 0 saturated heterocycles. The van der Waals surface area contributed by atoms with E-state index in [9.17, 15) is 18.0 Å². The molecule has 0 aromatic heterocycles. The molecule has 0 saturated carbocycles.